The molecule has 0 bridgehead atoms. The van der Waals surface area contributed by atoms with E-state index in [2.05, 4.69) is 4.98 Å². The van der Waals surface area contributed by atoms with Crippen molar-refractivity contribution in [2.45, 2.75) is 13.5 Å². The zero-order valence-corrected chi connectivity index (χ0v) is 11.4. The second-order valence-electron chi connectivity index (χ2n) is 4.76. The largest absolute Gasteiger partial charge is 0.399 e. The minimum atomic E-state index is -0.386. The van der Waals surface area contributed by atoms with Crippen molar-refractivity contribution in [3.63, 3.8) is 0 Å². The van der Waals surface area contributed by atoms with Crippen LogP contribution in [-0.4, -0.2) is 17.4 Å². The number of hydrogen-bond donors (Lipinski definition) is 2. The van der Waals surface area contributed by atoms with E-state index in [0.717, 1.165) is 16.9 Å². The molecule has 0 atom stereocenters. The molecule has 5 heteroatoms. The van der Waals surface area contributed by atoms with E-state index in [4.69, 9.17) is 11.5 Å². The molecule has 1 amide bonds. The Morgan fingerprint density at radius 3 is 2.45 bits per heavy atom. The smallest absolute Gasteiger partial charge is 0.237 e. The van der Waals surface area contributed by atoms with Crippen LogP contribution in [-0.2, 0) is 11.3 Å². The minimum Gasteiger partial charge on any atom is -0.399 e. The molecule has 1 aromatic heterocycles. The summed E-state index contributed by atoms with van der Waals surface area (Å²) in [6.45, 7) is 2.65. The van der Waals surface area contributed by atoms with Crippen LogP contribution in [0.3, 0.4) is 0 Å². The van der Waals surface area contributed by atoms with Crippen molar-refractivity contribution in [3.05, 3.63) is 53.7 Å². The van der Waals surface area contributed by atoms with E-state index in [9.17, 15) is 4.79 Å². The average molecular weight is 270 g/mol. The SMILES string of the molecule is Cc1ccc(N(CC(N)=O)Cc2ccc(N)cc2)nc1. The number of aromatic nitrogens is 1. The lowest BCUT2D eigenvalue weighted by Crippen LogP contribution is -2.33. The first-order valence-corrected chi connectivity index (χ1v) is 6.35. The summed E-state index contributed by atoms with van der Waals surface area (Å²) in [7, 11) is 0. The Morgan fingerprint density at radius 2 is 1.90 bits per heavy atom. The summed E-state index contributed by atoms with van der Waals surface area (Å²) in [5.41, 5.74) is 13.8. The van der Waals surface area contributed by atoms with Gasteiger partial charge in [0.2, 0.25) is 5.91 Å². The molecule has 0 radical (unpaired) electrons. The van der Waals surface area contributed by atoms with Crippen LogP contribution in [0.4, 0.5) is 11.5 Å². The molecule has 0 saturated carbocycles. The van der Waals surface area contributed by atoms with E-state index in [1.165, 1.54) is 0 Å². The maximum atomic E-state index is 11.2. The third-order valence-electron chi connectivity index (χ3n) is 2.92. The van der Waals surface area contributed by atoms with Gasteiger partial charge in [-0.15, -0.1) is 0 Å². The molecule has 1 aromatic carbocycles. The first-order chi connectivity index (χ1) is 9.54. The summed E-state index contributed by atoms with van der Waals surface area (Å²) < 4.78 is 0. The molecule has 4 N–H and O–H groups in total. The van der Waals surface area contributed by atoms with Crippen LogP contribution in [0.25, 0.3) is 0 Å². The van der Waals surface area contributed by atoms with Gasteiger partial charge in [0, 0.05) is 18.4 Å². The third kappa shape index (κ3) is 3.71. The van der Waals surface area contributed by atoms with Crippen LogP contribution in [0.1, 0.15) is 11.1 Å². The molecule has 1 heterocycles. The van der Waals surface area contributed by atoms with Crippen LogP contribution in [0.15, 0.2) is 42.6 Å². The minimum absolute atomic E-state index is 0.125. The molecule has 0 saturated heterocycles. The third-order valence-corrected chi connectivity index (χ3v) is 2.92. The van der Waals surface area contributed by atoms with Gasteiger partial charge >= 0.3 is 0 Å². The highest BCUT2D eigenvalue weighted by Crippen LogP contribution is 2.15. The number of primary amides is 1. The summed E-state index contributed by atoms with van der Waals surface area (Å²) in [5.74, 6) is 0.342. The summed E-state index contributed by atoms with van der Waals surface area (Å²) in [6, 6.07) is 11.4. The number of carbonyl (C=O) groups is 1. The van der Waals surface area contributed by atoms with E-state index in [1.807, 2.05) is 48.2 Å². The Morgan fingerprint density at radius 1 is 1.20 bits per heavy atom. The Hall–Kier alpha value is -2.56. The van der Waals surface area contributed by atoms with Gasteiger partial charge < -0.3 is 16.4 Å². The van der Waals surface area contributed by atoms with Gasteiger partial charge in [-0.25, -0.2) is 4.98 Å². The summed E-state index contributed by atoms with van der Waals surface area (Å²) in [6.07, 6.45) is 1.77. The van der Waals surface area contributed by atoms with E-state index in [1.54, 1.807) is 6.20 Å². The molecule has 20 heavy (non-hydrogen) atoms. The number of nitrogen functional groups attached to an aromatic ring is 1. The number of pyridine rings is 1. The zero-order valence-electron chi connectivity index (χ0n) is 11.4. The van der Waals surface area contributed by atoms with Gasteiger partial charge in [-0.2, -0.15) is 0 Å². The van der Waals surface area contributed by atoms with Crippen molar-refractivity contribution in [1.82, 2.24) is 4.98 Å². The molecule has 0 fully saturated rings. The van der Waals surface area contributed by atoms with Crippen LogP contribution < -0.4 is 16.4 Å². The number of carbonyl (C=O) groups excluding carboxylic acids is 1. The van der Waals surface area contributed by atoms with Crippen molar-refractivity contribution in [2.24, 2.45) is 5.73 Å². The zero-order chi connectivity index (χ0) is 14.5. The van der Waals surface area contributed by atoms with E-state index >= 15 is 0 Å². The van der Waals surface area contributed by atoms with Crippen molar-refractivity contribution >= 4 is 17.4 Å². The highest BCUT2D eigenvalue weighted by atomic mass is 16.1. The Balaban J connectivity index is 2.21. The average Bonchev–Trinajstić information content (AvgIpc) is 2.41. The Labute approximate surface area is 118 Å². The van der Waals surface area contributed by atoms with Crippen molar-refractivity contribution < 1.29 is 4.79 Å². The topological polar surface area (TPSA) is 85.2 Å². The molecule has 0 aliphatic carbocycles. The number of anilines is 2. The fourth-order valence-electron chi connectivity index (χ4n) is 1.90. The van der Waals surface area contributed by atoms with Gasteiger partial charge in [0.1, 0.15) is 5.82 Å². The summed E-state index contributed by atoms with van der Waals surface area (Å²) in [4.78, 5) is 17.4. The Bertz CT molecular complexity index is 578. The highest BCUT2D eigenvalue weighted by molar-refractivity contribution is 5.79. The quantitative estimate of drug-likeness (QED) is 0.805. The molecule has 0 aliphatic rings. The molecule has 0 aliphatic heterocycles. The van der Waals surface area contributed by atoms with E-state index in [-0.39, 0.29) is 12.5 Å². The molecule has 2 aromatic rings. The predicted molar refractivity (Wildman–Crippen MR) is 80.1 cm³/mol. The number of nitrogens with two attached hydrogens (primary N) is 2. The number of hydrogen-bond acceptors (Lipinski definition) is 4. The monoisotopic (exact) mass is 270 g/mol. The lowest BCUT2D eigenvalue weighted by molar-refractivity contribution is -0.116. The molecular formula is C15H18N4O. The van der Waals surface area contributed by atoms with E-state index in [0.29, 0.717) is 12.2 Å². The lowest BCUT2D eigenvalue weighted by Gasteiger charge is -2.22. The summed E-state index contributed by atoms with van der Waals surface area (Å²) in [5, 5.41) is 0. The van der Waals surface area contributed by atoms with Crippen molar-refractivity contribution in [2.75, 3.05) is 17.2 Å². The van der Waals surface area contributed by atoms with Crippen molar-refractivity contribution in [1.29, 1.82) is 0 Å². The molecule has 5 nitrogen and oxygen atoms in total. The highest BCUT2D eigenvalue weighted by Gasteiger charge is 2.11. The fourth-order valence-corrected chi connectivity index (χ4v) is 1.90. The van der Waals surface area contributed by atoms with Gasteiger partial charge in [-0.3, -0.25) is 4.79 Å². The van der Waals surface area contributed by atoms with Gasteiger partial charge in [-0.05, 0) is 36.2 Å². The molecule has 104 valence electrons. The molecule has 0 spiro atoms. The number of nitrogens with zero attached hydrogens (tertiary/aromatic N) is 2. The van der Waals surface area contributed by atoms with Crippen LogP contribution >= 0.6 is 0 Å². The van der Waals surface area contributed by atoms with Crippen LogP contribution in [0.2, 0.25) is 0 Å². The van der Waals surface area contributed by atoms with Crippen LogP contribution in [0, 0.1) is 6.92 Å². The first kappa shape index (κ1) is 13.9. The molecule has 2 rings (SSSR count). The molecule has 0 unspecified atom stereocenters. The summed E-state index contributed by atoms with van der Waals surface area (Å²) >= 11 is 0. The second-order valence-corrected chi connectivity index (χ2v) is 4.76. The van der Waals surface area contributed by atoms with Crippen molar-refractivity contribution in [3.8, 4) is 0 Å². The van der Waals surface area contributed by atoms with Gasteiger partial charge in [0.05, 0.1) is 6.54 Å². The lowest BCUT2D eigenvalue weighted by atomic mass is 10.2. The normalized spacial score (nSPS) is 10.2. The number of benzene rings is 1. The fraction of sp³-hybridized carbons (Fsp3) is 0.200. The Kier molecular flexibility index (Phi) is 4.20. The van der Waals surface area contributed by atoms with E-state index < -0.39 is 0 Å². The van der Waals surface area contributed by atoms with Crippen LogP contribution in [0.5, 0.6) is 0 Å². The first-order valence-electron chi connectivity index (χ1n) is 6.35. The van der Waals surface area contributed by atoms with Gasteiger partial charge in [-0.1, -0.05) is 18.2 Å². The maximum Gasteiger partial charge on any atom is 0.237 e. The standard InChI is InChI=1S/C15H18N4O/c1-11-2-7-15(18-8-11)19(10-14(17)20)9-12-3-5-13(16)6-4-12/h2-8H,9-10,16H2,1H3,(H2,17,20). The maximum absolute atomic E-state index is 11.2. The van der Waals surface area contributed by atoms with Gasteiger partial charge in [0.15, 0.2) is 0 Å². The number of aryl methyl sites for hydroxylation is 1. The predicted octanol–water partition coefficient (Wildman–Crippen LogP) is 1.46. The number of rotatable bonds is 5. The molecular weight excluding hydrogens is 252 g/mol. The second kappa shape index (κ2) is 6.06. The van der Waals surface area contributed by atoms with Gasteiger partial charge in [0.25, 0.3) is 0 Å². The number of amides is 1.